The van der Waals surface area contributed by atoms with E-state index in [4.69, 9.17) is 16.3 Å². The number of nitrogens with zero attached hydrogens (tertiary/aromatic N) is 1. The zero-order valence-electron chi connectivity index (χ0n) is 10.4. The second-order valence-corrected chi connectivity index (χ2v) is 4.32. The van der Waals surface area contributed by atoms with Crippen LogP contribution >= 0.6 is 11.6 Å². The van der Waals surface area contributed by atoms with E-state index in [2.05, 4.69) is 0 Å². The summed E-state index contributed by atoms with van der Waals surface area (Å²) < 4.78 is 6.71. The van der Waals surface area contributed by atoms with Crippen LogP contribution in [0.2, 0.25) is 5.02 Å². The Bertz CT molecular complexity index is 721. The van der Waals surface area contributed by atoms with Crippen LogP contribution in [0.4, 0.5) is 0 Å². The zero-order chi connectivity index (χ0) is 14.2. The third-order valence-corrected chi connectivity index (χ3v) is 3.24. The van der Waals surface area contributed by atoms with Crippen molar-refractivity contribution >= 4 is 28.5 Å². The van der Waals surface area contributed by atoms with Gasteiger partial charge in [-0.2, -0.15) is 0 Å². The number of carboxylic acids is 1. The van der Waals surface area contributed by atoms with Crippen molar-refractivity contribution in [3.8, 4) is 5.75 Å². The predicted octanol–water partition coefficient (Wildman–Crippen LogP) is 2.38. The quantitative estimate of drug-likeness (QED) is 0.938. The predicted molar refractivity (Wildman–Crippen MR) is 72.4 cm³/mol. The fourth-order valence-corrected chi connectivity index (χ4v) is 2.36. The van der Waals surface area contributed by atoms with Crippen LogP contribution in [0.5, 0.6) is 5.75 Å². The minimum atomic E-state index is -1.16. The Kier molecular flexibility index (Phi) is 3.48. The molecule has 0 fully saturated rings. The van der Waals surface area contributed by atoms with Crippen molar-refractivity contribution < 1.29 is 14.6 Å². The molecule has 2 rings (SSSR count). The summed E-state index contributed by atoms with van der Waals surface area (Å²) in [5.74, 6) is -0.746. The Hall–Kier alpha value is -2.01. The topological polar surface area (TPSA) is 68.5 Å². The van der Waals surface area contributed by atoms with E-state index in [0.717, 1.165) is 6.07 Å². The number of benzene rings is 1. The van der Waals surface area contributed by atoms with Crippen LogP contribution in [0.3, 0.4) is 0 Å². The number of hydrogen-bond acceptors (Lipinski definition) is 3. The molecule has 6 heteroatoms. The Morgan fingerprint density at radius 3 is 2.68 bits per heavy atom. The van der Waals surface area contributed by atoms with E-state index in [1.54, 1.807) is 19.1 Å². The van der Waals surface area contributed by atoms with Gasteiger partial charge >= 0.3 is 5.97 Å². The molecule has 0 saturated carbocycles. The van der Waals surface area contributed by atoms with Gasteiger partial charge in [0.05, 0.1) is 23.0 Å². The number of pyridine rings is 1. The number of hydrogen-bond donors (Lipinski definition) is 1. The van der Waals surface area contributed by atoms with Crippen molar-refractivity contribution in [1.82, 2.24) is 4.57 Å². The third kappa shape index (κ3) is 2.06. The molecule has 0 aliphatic carbocycles. The minimum Gasteiger partial charge on any atom is -0.495 e. The number of aromatic carboxylic acids is 1. The van der Waals surface area contributed by atoms with E-state index in [1.807, 2.05) is 0 Å². The van der Waals surface area contributed by atoms with Gasteiger partial charge in [-0.15, -0.1) is 0 Å². The molecule has 19 heavy (non-hydrogen) atoms. The molecule has 0 aliphatic heterocycles. The second-order valence-electron chi connectivity index (χ2n) is 3.92. The average Bonchev–Trinajstić information content (AvgIpc) is 2.38. The largest absolute Gasteiger partial charge is 0.495 e. The lowest BCUT2D eigenvalue weighted by Crippen LogP contribution is -2.18. The number of ether oxygens (including phenoxy) is 1. The molecule has 1 N–H and O–H groups in total. The number of carbonyl (C=O) groups is 1. The highest BCUT2D eigenvalue weighted by Gasteiger charge is 2.18. The minimum absolute atomic E-state index is 0.0828. The van der Waals surface area contributed by atoms with Gasteiger partial charge in [-0.05, 0) is 19.1 Å². The number of fused-ring (bicyclic) bond motifs is 1. The maximum absolute atomic E-state index is 12.0. The van der Waals surface area contributed by atoms with E-state index >= 15 is 0 Å². The number of carboxylic acid groups (broad SMARTS) is 1. The summed E-state index contributed by atoms with van der Waals surface area (Å²) in [6.45, 7) is 2.17. The van der Waals surface area contributed by atoms with E-state index in [9.17, 15) is 14.7 Å². The van der Waals surface area contributed by atoms with Gasteiger partial charge < -0.3 is 14.4 Å². The first-order valence-corrected chi connectivity index (χ1v) is 6.02. The van der Waals surface area contributed by atoms with Gasteiger partial charge in [0.2, 0.25) is 0 Å². The number of methoxy groups -OCH3 is 1. The molecular formula is C13H12ClNO4. The normalized spacial score (nSPS) is 10.7. The summed E-state index contributed by atoms with van der Waals surface area (Å²) in [6, 6.07) is 4.26. The van der Waals surface area contributed by atoms with E-state index < -0.39 is 11.4 Å². The summed E-state index contributed by atoms with van der Waals surface area (Å²) in [4.78, 5) is 23.3. The highest BCUT2D eigenvalue weighted by molar-refractivity contribution is 6.35. The van der Waals surface area contributed by atoms with Gasteiger partial charge in [0.25, 0.3) is 0 Å². The number of rotatable bonds is 3. The SMILES string of the molecule is CCn1c(C(=O)O)cc(=O)c2c(Cl)ccc(OC)c21. The summed E-state index contributed by atoms with van der Waals surface area (Å²) in [6.07, 6.45) is 0. The number of halogens is 1. The van der Waals surface area contributed by atoms with Crippen molar-refractivity contribution in [2.45, 2.75) is 13.5 Å². The van der Waals surface area contributed by atoms with Crippen LogP contribution in [0.15, 0.2) is 23.0 Å². The zero-order valence-corrected chi connectivity index (χ0v) is 11.2. The second kappa shape index (κ2) is 4.93. The molecule has 100 valence electrons. The number of aryl methyl sites for hydroxylation is 1. The van der Waals surface area contributed by atoms with Gasteiger partial charge in [0.15, 0.2) is 5.43 Å². The van der Waals surface area contributed by atoms with Gasteiger partial charge in [0.1, 0.15) is 11.4 Å². The molecule has 0 amide bonds. The lowest BCUT2D eigenvalue weighted by Gasteiger charge is -2.15. The van der Waals surface area contributed by atoms with E-state index in [1.165, 1.54) is 11.7 Å². The Morgan fingerprint density at radius 1 is 1.47 bits per heavy atom. The molecule has 0 atom stereocenters. The first-order chi connectivity index (χ1) is 9.01. The van der Waals surface area contributed by atoms with Gasteiger partial charge in [-0.25, -0.2) is 4.79 Å². The van der Waals surface area contributed by atoms with Crippen LogP contribution in [-0.2, 0) is 6.54 Å². The van der Waals surface area contributed by atoms with Crippen LogP contribution in [0, 0.1) is 0 Å². The molecule has 0 bridgehead atoms. The Morgan fingerprint density at radius 2 is 2.16 bits per heavy atom. The van der Waals surface area contributed by atoms with Crippen molar-refractivity contribution in [2.24, 2.45) is 0 Å². The van der Waals surface area contributed by atoms with Gasteiger partial charge in [-0.3, -0.25) is 4.79 Å². The molecule has 1 aromatic carbocycles. The molecule has 1 aromatic heterocycles. The lowest BCUT2D eigenvalue weighted by atomic mass is 10.1. The summed E-state index contributed by atoms with van der Waals surface area (Å²) in [7, 11) is 1.46. The standard InChI is InChI=1S/C13H12ClNO4/c1-3-15-8(13(17)18)6-9(16)11-7(14)4-5-10(19-2)12(11)15/h4-6H,3H2,1-2H3,(H,17,18). The molecule has 0 radical (unpaired) electrons. The van der Waals surface area contributed by atoms with E-state index in [0.29, 0.717) is 17.8 Å². The molecule has 0 unspecified atom stereocenters. The third-order valence-electron chi connectivity index (χ3n) is 2.92. The summed E-state index contributed by atoms with van der Waals surface area (Å²) >= 11 is 6.04. The van der Waals surface area contributed by atoms with Crippen molar-refractivity contribution in [1.29, 1.82) is 0 Å². The number of aromatic nitrogens is 1. The Labute approximate surface area is 114 Å². The van der Waals surface area contributed by atoms with Crippen LogP contribution in [0.1, 0.15) is 17.4 Å². The van der Waals surface area contributed by atoms with Crippen LogP contribution in [0.25, 0.3) is 10.9 Å². The van der Waals surface area contributed by atoms with Crippen LogP contribution < -0.4 is 10.2 Å². The first-order valence-electron chi connectivity index (χ1n) is 5.64. The maximum Gasteiger partial charge on any atom is 0.352 e. The van der Waals surface area contributed by atoms with Crippen molar-refractivity contribution in [3.63, 3.8) is 0 Å². The van der Waals surface area contributed by atoms with Gasteiger partial charge in [-0.1, -0.05) is 11.6 Å². The average molecular weight is 282 g/mol. The molecule has 5 nitrogen and oxygen atoms in total. The van der Waals surface area contributed by atoms with Crippen LogP contribution in [-0.4, -0.2) is 22.8 Å². The molecule has 2 aromatic rings. The molecule has 1 heterocycles. The molecular weight excluding hydrogens is 270 g/mol. The smallest absolute Gasteiger partial charge is 0.352 e. The fourth-order valence-electron chi connectivity index (χ4n) is 2.11. The van der Waals surface area contributed by atoms with Gasteiger partial charge in [0, 0.05) is 12.6 Å². The Balaban J connectivity index is 3.09. The lowest BCUT2D eigenvalue weighted by molar-refractivity contribution is 0.0685. The first kappa shape index (κ1) is 13.4. The highest BCUT2D eigenvalue weighted by Crippen LogP contribution is 2.30. The molecule has 0 spiro atoms. The molecule has 0 saturated heterocycles. The van der Waals surface area contributed by atoms with E-state index in [-0.39, 0.29) is 16.1 Å². The fraction of sp³-hybridized carbons (Fsp3) is 0.231. The summed E-state index contributed by atoms with van der Waals surface area (Å²) in [5.41, 5.74) is -0.107. The summed E-state index contributed by atoms with van der Waals surface area (Å²) in [5, 5.41) is 9.73. The maximum atomic E-state index is 12.0. The monoisotopic (exact) mass is 281 g/mol. The van der Waals surface area contributed by atoms with Crippen molar-refractivity contribution in [2.75, 3.05) is 7.11 Å². The molecule has 0 aliphatic rings. The highest BCUT2D eigenvalue weighted by atomic mass is 35.5. The van der Waals surface area contributed by atoms with Crippen molar-refractivity contribution in [3.05, 3.63) is 39.1 Å².